The van der Waals surface area contributed by atoms with Gasteiger partial charge in [-0.25, -0.2) is 9.79 Å². The predicted octanol–water partition coefficient (Wildman–Crippen LogP) is 1.08. The first-order valence-corrected chi connectivity index (χ1v) is 3.39. The number of isocyanates is 1. The molecule has 0 fully saturated rings. The molecule has 0 aliphatic heterocycles. The molecule has 0 bridgehead atoms. The maximum absolute atomic E-state index is 9.81. The van der Waals surface area contributed by atoms with Gasteiger partial charge in [-0.1, -0.05) is 6.42 Å². The van der Waals surface area contributed by atoms with Crippen molar-refractivity contribution in [2.75, 3.05) is 6.54 Å². The van der Waals surface area contributed by atoms with E-state index in [0.29, 0.717) is 13.0 Å². The Morgan fingerprint density at radius 1 is 1.30 bits per heavy atom. The first-order valence-electron chi connectivity index (χ1n) is 3.39. The molecule has 0 radical (unpaired) electrons. The molecule has 10 heavy (non-hydrogen) atoms. The van der Waals surface area contributed by atoms with Gasteiger partial charge in [0.2, 0.25) is 6.08 Å². The summed E-state index contributed by atoms with van der Waals surface area (Å²) < 4.78 is 0. The fourth-order valence-corrected chi connectivity index (χ4v) is 0.641. The lowest BCUT2D eigenvalue weighted by atomic mass is 10.2. The van der Waals surface area contributed by atoms with Gasteiger partial charge in [0.25, 0.3) is 0 Å². The molecule has 0 rings (SSSR count). The zero-order valence-electron chi connectivity index (χ0n) is 5.88. The third-order valence-corrected chi connectivity index (χ3v) is 1.16. The zero-order chi connectivity index (χ0) is 7.66. The highest BCUT2D eigenvalue weighted by atomic mass is 16.1. The molecule has 0 amide bonds. The smallest absolute Gasteiger partial charge is 0.234 e. The third kappa shape index (κ3) is 7.05. The number of carbonyl (C=O) groups is 1. The van der Waals surface area contributed by atoms with Gasteiger partial charge in [0.05, 0.1) is 6.54 Å². The molecule has 0 saturated carbocycles. The van der Waals surface area contributed by atoms with Crippen LogP contribution in [0.25, 0.3) is 0 Å². The zero-order valence-corrected chi connectivity index (χ0v) is 5.88. The van der Waals surface area contributed by atoms with E-state index in [9.17, 15) is 9.59 Å². The van der Waals surface area contributed by atoms with Gasteiger partial charge in [-0.3, -0.25) is 0 Å². The molecular weight excluding hydrogens is 130 g/mol. The van der Waals surface area contributed by atoms with Crippen LogP contribution in [0.5, 0.6) is 0 Å². The average Bonchev–Trinajstić information content (AvgIpc) is 1.97. The van der Waals surface area contributed by atoms with E-state index in [1.165, 1.54) is 6.08 Å². The predicted molar refractivity (Wildman–Crippen MR) is 37.5 cm³/mol. The molecule has 0 aromatic rings. The van der Waals surface area contributed by atoms with Crippen LogP contribution in [0, 0.1) is 0 Å². The molecule has 0 unspecified atom stereocenters. The minimum absolute atomic E-state index is 0.544. The minimum atomic E-state index is 0.544. The summed E-state index contributed by atoms with van der Waals surface area (Å²) in [5.74, 6) is 0. The summed E-state index contributed by atoms with van der Waals surface area (Å²) in [6.45, 7) is 0.544. The number of aliphatic imine (C=N–C) groups is 1. The SMILES string of the molecule is O=C=NCCCCCC=O. The molecule has 3 nitrogen and oxygen atoms in total. The van der Waals surface area contributed by atoms with Gasteiger partial charge in [0.1, 0.15) is 6.29 Å². The second-order valence-electron chi connectivity index (χ2n) is 1.99. The van der Waals surface area contributed by atoms with Crippen LogP contribution in [0.15, 0.2) is 4.99 Å². The van der Waals surface area contributed by atoms with E-state index in [1.807, 2.05) is 0 Å². The van der Waals surface area contributed by atoms with Crippen molar-refractivity contribution in [2.45, 2.75) is 25.7 Å². The largest absolute Gasteiger partial charge is 0.303 e. The van der Waals surface area contributed by atoms with Crippen molar-refractivity contribution in [1.82, 2.24) is 0 Å². The van der Waals surface area contributed by atoms with E-state index >= 15 is 0 Å². The molecule has 0 N–H and O–H groups in total. The van der Waals surface area contributed by atoms with Crippen LogP contribution in [-0.2, 0) is 9.59 Å². The van der Waals surface area contributed by atoms with Crippen LogP contribution in [-0.4, -0.2) is 18.9 Å². The highest BCUT2D eigenvalue weighted by Gasteiger charge is 1.85. The molecule has 0 spiro atoms. The quantitative estimate of drug-likeness (QED) is 0.240. The number of carbonyl (C=O) groups excluding carboxylic acids is 2. The Balaban J connectivity index is 2.90. The van der Waals surface area contributed by atoms with Crippen molar-refractivity contribution in [2.24, 2.45) is 4.99 Å². The van der Waals surface area contributed by atoms with Crippen molar-refractivity contribution in [1.29, 1.82) is 0 Å². The molecule has 0 aliphatic rings. The maximum Gasteiger partial charge on any atom is 0.234 e. The molecule has 0 atom stereocenters. The fourth-order valence-electron chi connectivity index (χ4n) is 0.641. The van der Waals surface area contributed by atoms with Crippen LogP contribution in [0.2, 0.25) is 0 Å². The monoisotopic (exact) mass is 141 g/mol. The molecule has 0 aromatic carbocycles. The van der Waals surface area contributed by atoms with E-state index in [4.69, 9.17) is 0 Å². The molecule has 0 heterocycles. The highest BCUT2D eigenvalue weighted by Crippen LogP contribution is 1.96. The Kier molecular flexibility index (Phi) is 7.29. The van der Waals surface area contributed by atoms with Gasteiger partial charge in [0, 0.05) is 6.42 Å². The van der Waals surface area contributed by atoms with Crippen molar-refractivity contribution >= 4 is 12.4 Å². The number of aldehydes is 1. The Morgan fingerprint density at radius 3 is 2.70 bits per heavy atom. The summed E-state index contributed by atoms with van der Waals surface area (Å²) in [6.07, 6.45) is 5.73. The van der Waals surface area contributed by atoms with Crippen molar-refractivity contribution in [3.05, 3.63) is 0 Å². The summed E-state index contributed by atoms with van der Waals surface area (Å²) in [5, 5.41) is 0. The summed E-state index contributed by atoms with van der Waals surface area (Å²) in [7, 11) is 0. The Hall–Kier alpha value is -0.950. The fraction of sp³-hybridized carbons (Fsp3) is 0.714. The van der Waals surface area contributed by atoms with Crippen LogP contribution >= 0.6 is 0 Å². The summed E-state index contributed by atoms with van der Waals surface area (Å²) >= 11 is 0. The van der Waals surface area contributed by atoms with Gasteiger partial charge in [-0.2, -0.15) is 0 Å². The number of nitrogens with zero attached hydrogens (tertiary/aromatic N) is 1. The highest BCUT2D eigenvalue weighted by molar-refractivity contribution is 5.48. The number of hydrogen-bond donors (Lipinski definition) is 0. The van der Waals surface area contributed by atoms with E-state index < -0.39 is 0 Å². The lowest BCUT2D eigenvalue weighted by molar-refractivity contribution is -0.107. The summed E-state index contributed by atoms with van der Waals surface area (Å²) in [5.41, 5.74) is 0. The second-order valence-corrected chi connectivity index (χ2v) is 1.99. The lowest BCUT2D eigenvalue weighted by Crippen LogP contribution is -1.82. The second kappa shape index (κ2) is 8.05. The van der Waals surface area contributed by atoms with E-state index in [2.05, 4.69) is 4.99 Å². The minimum Gasteiger partial charge on any atom is -0.303 e. The van der Waals surface area contributed by atoms with Gasteiger partial charge in [-0.05, 0) is 12.8 Å². The molecule has 3 heteroatoms. The van der Waals surface area contributed by atoms with Gasteiger partial charge >= 0.3 is 0 Å². The van der Waals surface area contributed by atoms with Crippen LogP contribution in [0.1, 0.15) is 25.7 Å². The molecule has 0 aromatic heterocycles. The summed E-state index contributed by atoms with van der Waals surface area (Å²) in [6, 6.07) is 0. The Labute approximate surface area is 60.1 Å². The maximum atomic E-state index is 9.81. The van der Waals surface area contributed by atoms with Crippen molar-refractivity contribution < 1.29 is 9.59 Å². The number of rotatable bonds is 6. The first-order chi connectivity index (χ1) is 4.91. The molecule has 56 valence electrons. The third-order valence-electron chi connectivity index (χ3n) is 1.16. The first kappa shape index (κ1) is 9.05. The van der Waals surface area contributed by atoms with Crippen LogP contribution < -0.4 is 0 Å². The number of unbranched alkanes of at least 4 members (excludes halogenated alkanes) is 3. The molecule has 0 aliphatic carbocycles. The summed E-state index contributed by atoms with van der Waals surface area (Å²) in [4.78, 5) is 22.7. The van der Waals surface area contributed by atoms with Gasteiger partial charge < -0.3 is 4.79 Å². The Bertz CT molecular complexity index is 128. The van der Waals surface area contributed by atoms with Crippen LogP contribution in [0.4, 0.5) is 0 Å². The normalized spacial score (nSPS) is 8.40. The number of hydrogen-bond acceptors (Lipinski definition) is 3. The van der Waals surface area contributed by atoms with Gasteiger partial charge in [0.15, 0.2) is 0 Å². The van der Waals surface area contributed by atoms with Crippen molar-refractivity contribution in [3.8, 4) is 0 Å². The van der Waals surface area contributed by atoms with E-state index in [-0.39, 0.29) is 0 Å². The topological polar surface area (TPSA) is 46.5 Å². The average molecular weight is 141 g/mol. The Morgan fingerprint density at radius 2 is 2.10 bits per heavy atom. The van der Waals surface area contributed by atoms with E-state index in [1.54, 1.807) is 0 Å². The molecular formula is C7H11NO2. The van der Waals surface area contributed by atoms with Crippen LogP contribution in [0.3, 0.4) is 0 Å². The van der Waals surface area contributed by atoms with Crippen molar-refractivity contribution in [3.63, 3.8) is 0 Å². The lowest BCUT2D eigenvalue weighted by Gasteiger charge is -1.90. The van der Waals surface area contributed by atoms with Gasteiger partial charge in [-0.15, -0.1) is 0 Å². The standard InChI is InChI=1S/C7H11NO2/c9-6-4-2-1-3-5-8-7-10/h6H,1-5H2. The van der Waals surface area contributed by atoms with E-state index in [0.717, 1.165) is 25.5 Å². The molecule has 0 saturated heterocycles.